The van der Waals surface area contributed by atoms with E-state index in [0.29, 0.717) is 6.42 Å². The molecule has 0 aliphatic carbocycles. The van der Waals surface area contributed by atoms with Crippen molar-refractivity contribution in [3.05, 3.63) is 12.2 Å². The molecule has 0 saturated heterocycles. The third-order valence-corrected chi connectivity index (χ3v) is 2.18. The maximum atomic E-state index is 12.0. The zero-order chi connectivity index (χ0) is 15.1. The lowest BCUT2D eigenvalue weighted by Crippen LogP contribution is -2.48. The van der Waals surface area contributed by atoms with Gasteiger partial charge in [0.25, 0.3) is 5.91 Å². The number of likely N-dealkylation sites (N-methyl/N-ethyl adjacent to an activating group) is 1. The molecule has 0 heterocycles. The van der Waals surface area contributed by atoms with E-state index in [1.54, 1.807) is 26.8 Å². The average molecular weight is 272 g/mol. The summed E-state index contributed by atoms with van der Waals surface area (Å²) in [5, 5.41) is 3.61. The molecule has 6 heteroatoms. The molecule has 6 nitrogen and oxygen atoms in total. The van der Waals surface area contributed by atoms with Gasteiger partial charge in [-0.25, -0.2) is 9.86 Å². The Labute approximate surface area is 114 Å². The van der Waals surface area contributed by atoms with E-state index in [1.165, 1.54) is 14.2 Å². The Balaban J connectivity index is 4.68. The summed E-state index contributed by atoms with van der Waals surface area (Å²) in [7, 11) is 2.87. The average Bonchev–Trinajstić information content (AvgIpc) is 2.30. The number of hydroxylamine groups is 2. The van der Waals surface area contributed by atoms with Gasteiger partial charge in [-0.2, -0.15) is 0 Å². The van der Waals surface area contributed by atoms with Crippen molar-refractivity contribution in [1.82, 2.24) is 10.4 Å². The number of hydrogen-bond donors (Lipinski definition) is 1. The third kappa shape index (κ3) is 7.46. The number of carbonyl (C=O) groups excluding carboxylic acids is 2. The number of carbonyl (C=O) groups is 2. The van der Waals surface area contributed by atoms with Crippen LogP contribution in [0.5, 0.6) is 0 Å². The van der Waals surface area contributed by atoms with Crippen LogP contribution < -0.4 is 5.32 Å². The fraction of sp³-hybridized carbons (Fsp3) is 0.692. The summed E-state index contributed by atoms with van der Waals surface area (Å²) in [6.45, 7) is 7.12. The summed E-state index contributed by atoms with van der Waals surface area (Å²) in [6, 6.07) is -0.712. The molecule has 0 unspecified atom stereocenters. The monoisotopic (exact) mass is 272 g/mol. The van der Waals surface area contributed by atoms with E-state index in [4.69, 9.17) is 9.57 Å². The minimum absolute atomic E-state index is 0.341. The second kappa shape index (κ2) is 7.78. The van der Waals surface area contributed by atoms with Gasteiger partial charge in [-0.05, 0) is 34.1 Å². The molecule has 0 radical (unpaired) electrons. The minimum Gasteiger partial charge on any atom is -0.444 e. The van der Waals surface area contributed by atoms with Gasteiger partial charge in [0, 0.05) is 7.05 Å². The van der Waals surface area contributed by atoms with Gasteiger partial charge in [-0.15, -0.1) is 0 Å². The fourth-order valence-electron chi connectivity index (χ4n) is 1.25. The molecule has 1 atom stereocenters. The first-order valence-electron chi connectivity index (χ1n) is 6.13. The highest BCUT2D eigenvalue weighted by Gasteiger charge is 2.25. The zero-order valence-electron chi connectivity index (χ0n) is 12.5. The molecule has 0 aliphatic rings. The summed E-state index contributed by atoms with van der Waals surface area (Å²) in [5.74, 6) is -0.341. The van der Waals surface area contributed by atoms with E-state index in [2.05, 4.69) is 5.32 Å². The molecular weight excluding hydrogens is 248 g/mol. The van der Waals surface area contributed by atoms with Crippen molar-refractivity contribution in [2.24, 2.45) is 0 Å². The quantitative estimate of drug-likeness (QED) is 0.613. The first-order valence-corrected chi connectivity index (χ1v) is 6.13. The van der Waals surface area contributed by atoms with Crippen LogP contribution in [0.3, 0.4) is 0 Å². The Morgan fingerprint density at radius 2 is 1.95 bits per heavy atom. The maximum absolute atomic E-state index is 12.0. The molecule has 0 saturated carbocycles. The van der Waals surface area contributed by atoms with Gasteiger partial charge in [0.2, 0.25) is 0 Å². The Morgan fingerprint density at radius 1 is 1.37 bits per heavy atom. The Kier molecular flexibility index (Phi) is 7.14. The highest BCUT2D eigenvalue weighted by atomic mass is 16.7. The van der Waals surface area contributed by atoms with Crippen LogP contribution in [0.25, 0.3) is 0 Å². The number of alkyl carbamates (subject to hydrolysis) is 1. The van der Waals surface area contributed by atoms with Crippen LogP contribution in [0.2, 0.25) is 0 Å². The van der Waals surface area contributed by atoms with Crippen molar-refractivity contribution in [3.8, 4) is 0 Å². The number of amides is 2. The van der Waals surface area contributed by atoms with Crippen molar-refractivity contribution in [2.75, 3.05) is 14.2 Å². The van der Waals surface area contributed by atoms with Gasteiger partial charge in [-0.3, -0.25) is 9.63 Å². The second-order valence-electron chi connectivity index (χ2n) is 5.02. The van der Waals surface area contributed by atoms with Crippen molar-refractivity contribution in [1.29, 1.82) is 0 Å². The van der Waals surface area contributed by atoms with E-state index in [0.717, 1.165) is 5.06 Å². The lowest BCUT2D eigenvalue weighted by Gasteiger charge is -2.24. The molecule has 110 valence electrons. The summed E-state index contributed by atoms with van der Waals surface area (Å²) in [5.41, 5.74) is -0.606. The Hall–Kier alpha value is -1.56. The molecule has 0 rings (SSSR count). The van der Waals surface area contributed by atoms with E-state index in [9.17, 15) is 9.59 Å². The third-order valence-electron chi connectivity index (χ3n) is 2.18. The van der Waals surface area contributed by atoms with Crippen LogP contribution in [0, 0.1) is 0 Å². The molecule has 2 amide bonds. The Bertz CT molecular complexity index is 334. The van der Waals surface area contributed by atoms with E-state index in [-0.39, 0.29) is 5.91 Å². The van der Waals surface area contributed by atoms with Gasteiger partial charge in [0.1, 0.15) is 11.6 Å². The van der Waals surface area contributed by atoms with Crippen molar-refractivity contribution < 1.29 is 19.2 Å². The molecular formula is C13H24N2O4. The van der Waals surface area contributed by atoms with Crippen molar-refractivity contribution in [2.45, 2.75) is 45.8 Å². The largest absolute Gasteiger partial charge is 0.444 e. The molecule has 0 aliphatic heterocycles. The summed E-state index contributed by atoms with van der Waals surface area (Å²) in [4.78, 5) is 28.5. The van der Waals surface area contributed by atoms with Crippen LogP contribution in [-0.2, 0) is 14.4 Å². The molecule has 1 N–H and O–H groups in total. The van der Waals surface area contributed by atoms with Crippen LogP contribution in [0.15, 0.2) is 12.2 Å². The van der Waals surface area contributed by atoms with Crippen LogP contribution >= 0.6 is 0 Å². The van der Waals surface area contributed by atoms with E-state index < -0.39 is 17.7 Å². The Morgan fingerprint density at radius 3 is 2.37 bits per heavy atom. The van der Waals surface area contributed by atoms with Gasteiger partial charge in [-0.1, -0.05) is 12.2 Å². The number of nitrogens with zero attached hydrogens (tertiary/aromatic N) is 1. The molecule has 0 aromatic carbocycles. The number of allylic oxidation sites excluding steroid dienone is 1. The van der Waals surface area contributed by atoms with Gasteiger partial charge < -0.3 is 10.1 Å². The summed E-state index contributed by atoms with van der Waals surface area (Å²) in [6.07, 6.45) is 3.36. The summed E-state index contributed by atoms with van der Waals surface area (Å²) >= 11 is 0. The van der Waals surface area contributed by atoms with Crippen molar-refractivity contribution >= 4 is 12.0 Å². The number of hydrogen-bond acceptors (Lipinski definition) is 4. The predicted molar refractivity (Wildman–Crippen MR) is 72.4 cm³/mol. The number of ether oxygens (including phenoxy) is 1. The number of rotatable bonds is 5. The van der Waals surface area contributed by atoms with Gasteiger partial charge in [0.15, 0.2) is 0 Å². The summed E-state index contributed by atoms with van der Waals surface area (Å²) < 4.78 is 5.13. The molecule has 0 fully saturated rings. The highest BCUT2D eigenvalue weighted by molar-refractivity contribution is 5.85. The SMILES string of the molecule is CC=CC[C@H](NC(=O)OC(C)(C)C)C(=O)N(C)OC. The van der Waals surface area contributed by atoms with Crippen molar-refractivity contribution in [3.63, 3.8) is 0 Å². The molecule has 0 aromatic rings. The molecule has 19 heavy (non-hydrogen) atoms. The first-order chi connectivity index (χ1) is 8.71. The normalized spacial score (nSPS) is 13.2. The standard InChI is InChI=1S/C13H24N2O4/c1-7-8-9-10(11(16)15(5)18-6)14-12(17)19-13(2,3)4/h7-8,10H,9H2,1-6H3,(H,14,17)/t10-/m0/s1. The minimum atomic E-state index is -0.712. The second-order valence-corrected chi connectivity index (χ2v) is 5.02. The molecule has 0 bridgehead atoms. The van der Waals surface area contributed by atoms with Gasteiger partial charge in [0.05, 0.1) is 7.11 Å². The van der Waals surface area contributed by atoms with Crippen LogP contribution in [0.4, 0.5) is 4.79 Å². The lowest BCUT2D eigenvalue weighted by atomic mass is 10.2. The first kappa shape index (κ1) is 17.4. The van der Waals surface area contributed by atoms with Crippen LogP contribution in [0.1, 0.15) is 34.1 Å². The highest BCUT2D eigenvalue weighted by Crippen LogP contribution is 2.08. The topological polar surface area (TPSA) is 67.9 Å². The predicted octanol–water partition coefficient (Wildman–Crippen LogP) is 1.87. The lowest BCUT2D eigenvalue weighted by molar-refractivity contribution is -0.170. The maximum Gasteiger partial charge on any atom is 0.408 e. The molecule has 0 aromatic heterocycles. The zero-order valence-corrected chi connectivity index (χ0v) is 12.5. The van der Waals surface area contributed by atoms with Crippen LogP contribution in [-0.4, -0.2) is 42.9 Å². The van der Waals surface area contributed by atoms with E-state index in [1.807, 2.05) is 13.0 Å². The fourth-order valence-corrected chi connectivity index (χ4v) is 1.25. The van der Waals surface area contributed by atoms with E-state index >= 15 is 0 Å². The number of nitrogens with one attached hydrogen (secondary N) is 1. The smallest absolute Gasteiger partial charge is 0.408 e. The van der Waals surface area contributed by atoms with Gasteiger partial charge >= 0.3 is 6.09 Å². The molecule has 0 spiro atoms.